The van der Waals surface area contributed by atoms with E-state index in [0.717, 1.165) is 23.7 Å². The van der Waals surface area contributed by atoms with Crippen LogP contribution in [-0.2, 0) is 9.53 Å². The number of nitrogens with zero attached hydrogens (tertiary/aromatic N) is 1. The average Bonchev–Trinajstić information content (AvgIpc) is 3.28. The molecule has 1 aliphatic carbocycles. The van der Waals surface area contributed by atoms with Crippen molar-refractivity contribution in [3.8, 4) is 5.75 Å². The molecule has 0 amide bonds. The summed E-state index contributed by atoms with van der Waals surface area (Å²) in [5.41, 5.74) is 0.913. The van der Waals surface area contributed by atoms with Gasteiger partial charge in [0.2, 0.25) is 0 Å². The van der Waals surface area contributed by atoms with Crippen LogP contribution >= 0.6 is 0 Å². The lowest BCUT2D eigenvalue weighted by atomic mass is 10.2. The van der Waals surface area contributed by atoms with Crippen LogP contribution in [0.1, 0.15) is 12.8 Å². The standard InChI is InChI=1S/C15H15NO3/c1-18-15(17)14(10-6-7-10)19-12-8-11-4-2-3-5-13(11)16-9-12/h2-5,8-10,14H,6-7H2,1H3. The molecule has 19 heavy (non-hydrogen) atoms. The van der Waals surface area contributed by atoms with Crippen molar-refractivity contribution in [2.75, 3.05) is 7.11 Å². The van der Waals surface area contributed by atoms with Crippen LogP contribution in [-0.4, -0.2) is 24.2 Å². The highest BCUT2D eigenvalue weighted by Crippen LogP contribution is 2.35. The third-order valence-electron chi connectivity index (χ3n) is 3.31. The Kier molecular flexibility index (Phi) is 3.07. The van der Waals surface area contributed by atoms with E-state index in [9.17, 15) is 4.79 Å². The normalized spacial score (nSPS) is 16.1. The van der Waals surface area contributed by atoms with E-state index in [2.05, 4.69) is 4.98 Å². The lowest BCUT2D eigenvalue weighted by Crippen LogP contribution is -2.30. The number of para-hydroxylation sites is 1. The number of aromatic nitrogens is 1. The van der Waals surface area contributed by atoms with Gasteiger partial charge in [-0.3, -0.25) is 4.98 Å². The second-order valence-corrected chi connectivity index (χ2v) is 4.76. The first-order chi connectivity index (χ1) is 9.28. The van der Waals surface area contributed by atoms with E-state index < -0.39 is 6.10 Å². The third-order valence-corrected chi connectivity index (χ3v) is 3.31. The second-order valence-electron chi connectivity index (χ2n) is 4.76. The summed E-state index contributed by atoms with van der Waals surface area (Å²) in [5, 5.41) is 0.999. The molecule has 0 saturated heterocycles. The summed E-state index contributed by atoms with van der Waals surface area (Å²) in [6.07, 6.45) is 3.18. The van der Waals surface area contributed by atoms with Gasteiger partial charge >= 0.3 is 5.97 Å². The first-order valence-corrected chi connectivity index (χ1v) is 6.37. The number of carbonyl (C=O) groups excluding carboxylic acids is 1. The molecule has 1 fully saturated rings. The Morgan fingerprint density at radius 3 is 2.89 bits per heavy atom. The van der Waals surface area contributed by atoms with E-state index in [4.69, 9.17) is 9.47 Å². The number of pyridine rings is 1. The Morgan fingerprint density at radius 1 is 1.37 bits per heavy atom. The summed E-state index contributed by atoms with van der Waals surface area (Å²) < 4.78 is 10.6. The van der Waals surface area contributed by atoms with Gasteiger partial charge in [-0.1, -0.05) is 18.2 Å². The Morgan fingerprint density at radius 2 is 2.16 bits per heavy atom. The van der Waals surface area contributed by atoms with E-state index in [0.29, 0.717) is 5.75 Å². The van der Waals surface area contributed by atoms with Gasteiger partial charge in [-0.05, 0) is 25.0 Å². The van der Waals surface area contributed by atoms with E-state index in [1.54, 1.807) is 6.20 Å². The molecule has 0 N–H and O–H groups in total. The highest BCUT2D eigenvalue weighted by atomic mass is 16.6. The van der Waals surface area contributed by atoms with Crippen molar-refractivity contribution in [2.24, 2.45) is 5.92 Å². The summed E-state index contributed by atoms with van der Waals surface area (Å²) in [4.78, 5) is 16.0. The highest BCUT2D eigenvalue weighted by molar-refractivity contribution is 5.80. The molecule has 0 aliphatic heterocycles. The van der Waals surface area contributed by atoms with Crippen LogP contribution in [0.3, 0.4) is 0 Å². The number of fused-ring (bicyclic) bond motifs is 1. The molecule has 98 valence electrons. The fourth-order valence-electron chi connectivity index (χ4n) is 2.11. The number of methoxy groups -OCH3 is 1. The maximum atomic E-state index is 11.7. The Bertz CT molecular complexity index is 607. The summed E-state index contributed by atoms with van der Waals surface area (Å²) in [5.74, 6) is 0.579. The molecule has 0 radical (unpaired) electrons. The molecule has 1 saturated carbocycles. The number of carbonyl (C=O) groups is 1. The Balaban J connectivity index is 1.85. The summed E-state index contributed by atoms with van der Waals surface area (Å²) in [6, 6.07) is 9.71. The zero-order valence-electron chi connectivity index (χ0n) is 10.7. The van der Waals surface area contributed by atoms with E-state index in [-0.39, 0.29) is 11.9 Å². The molecule has 4 nitrogen and oxygen atoms in total. The third kappa shape index (κ3) is 2.52. The van der Waals surface area contributed by atoms with Crippen molar-refractivity contribution in [1.82, 2.24) is 4.98 Å². The molecule has 1 aromatic carbocycles. The zero-order valence-corrected chi connectivity index (χ0v) is 10.7. The molecule has 2 aromatic rings. The topological polar surface area (TPSA) is 48.4 Å². The summed E-state index contributed by atoms with van der Waals surface area (Å²) in [7, 11) is 1.39. The van der Waals surface area contributed by atoms with E-state index in [1.807, 2.05) is 30.3 Å². The van der Waals surface area contributed by atoms with Crippen molar-refractivity contribution in [1.29, 1.82) is 0 Å². The molecule has 0 spiro atoms. The van der Waals surface area contributed by atoms with Crippen molar-refractivity contribution in [3.63, 3.8) is 0 Å². The van der Waals surface area contributed by atoms with Crippen LogP contribution in [0.4, 0.5) is 0 Å². The molecular weight excluding hydrogens is 242 g/mol. The lowest BCUT2D eigenvalue weighted by molar-refractivity contribution is -0.149. The fraction of sp³-hybridized carbons (Fsp3) is 0.333. The van der Waals surface area contributed by atoms with Gasteiger partial charge in [0, 0.05) is 11.3 Å². The smallest absolute Gasteiger partial charge is 0.347 e. The van der Waals surface area contributed by atoms with Crippen LogP contribution in [0.5, 0.6) is 5.75 Å². The first kappa shape index (κ1) is 12.0. The summed E-state index contributed by atoms with van der Waals surface area (Å²) >= 11 is 0. The Labute approximate surface area is 111 Å². The minimum Gasteiger partial charge on any atom is -0.477 e. The van der Waals surface area contributed by atoms with Crippen LogP contribution in [0.15, 0.2) is 36.5 Å². The highest BCUT2D eigenvalue weighted by Gasteiger charge is 2.39. The number of hydrogen-bond donors (Lipinski definition) is 0. The van der Waals surface area contributed by atoms with Crippen molar-refractivity contribution in [3.05, 3.63) is 36.5 Å². The van der Waals surface area contributed by atoms with Gasteiger partial charge in [0.1, 0.15) is 5.75 Å². The van der Waals surface area contributed by atoms with Gasteiger partial charge in [0.15, 0.2) is 6.10 Å². The number of ether oxygens (including phenoxy) is 2. The van der Waals surface area contributed by atoms with E-state index >= 15 is 0 Å². The number of benzene rings is 1. The van der Waals surface area contributed by atoms with Gasteiger partial charge < -0.3 is 9.47 Å². The maximum Gasteiger partial charge on any atom is 0.347 e. The van der Waals surface area contributed by atoms with Gasteiger partial charge in [-0.15, -0.1) is 0 Å². The summed E-state index contributed by atoms with van der Waals surface area (Å²) in [6.45, 7) is 0. The monoisotopic (exact) mass is 257 g/mol. The van der Waals surface area contributed by atoms with Crippen LogP contribution in [0.2, 0.25) is 0 Å². The van der Waals surface area contributed by atoms with Gasteiger partial charge in [-0.25, -0.2) is 4.79 Å². The molecule has 1 atom stereocenters. The minimum atomic E-state index is -0.507. The Hall–Kier alpha value is -2.10. The molecule has 1 aliphatic rings. The minimum absolute atomic E-state index is 0.277. The zero-order chi connectivity index (χ0) is 13.2. The first-order valence-electron chi connectivity index (χ1n) is 6.37. The predicted octanol–water partition coefficient (Wildman–Crippen LogP) is 2.57. The van der Waals surface area contributed by atoms with Crippen molar-refractivity contribution in [2.45, 2.75) is 18.9 Å². The van der Waals surface area contributed by atoms with E-state index in [1.165, 1.54) is 7.11 Å². The molecule has 3 rings (SSSR count). The average molecular weight is 257 g/mol. The molecule has 4 heteroatoms. The van der Waals surface area contributed by atoms with Gasteiger partial charge in [0.05, 0.1) is 18.8 Å². The number of rotatable bonds is 4. The van der Waals surface area contributed by atoms with Gasteiger partial charge in [0.25, 0.3) is 0 Å². The molecular formula is C15H15NO3. The molecule has 1 heterocycles. The van der Waals surface area contributed by atoms with Crippen LogP contribution in [0.25, 0.3) is 10.9 Å². The quantitative estimate of drug-likeness (QED) is 0.790. The maximum absolute atomic E-state index is 11.7. The lowest BCUT2D eigenvalue weighted by Gasteiger charge is -2.16. The number of esters is 1. The molecule has 0 bridgehead atoms. The molecule has 1 aromatic heterocycles. The van der Waals surface area contributed by atoms with Gasteiger partial charge in [-0.2, -0.15) is 0 Å². The largest absolute Gasteiger partial charge is 0.477 e. The van der Waals surface area contributed by atoms with Crippen molar-refractivity contribution >= 4 is 16.9 Å². The predicted molar refractivity (Wildman–Crippen MR) is 70.9 cm³/mol. The number of hydrogen-bond acceptors (Lipinski definition) is 4. The van der Waals surface area contributed by atoms with Crippen LogP contribution < -0.4 is 4.74 Å². The van der Waals surface area contributed by atoms with Crippen molar-refractivity contribution < 1.29 is 14.3 Å². The SMILES string of the molecule is COC(=O)C(Oc1cnc2ccccc2c1)C1CC1. The van der Waals surface area contributed by atoms with Crippen LogP contribution in [0, 0.1) is 5.92 Å². The fourth-order valence-corrected chi connectivity index (χ4v) is 2.11. The second kappa shape index (κ2) is 4.88. The molecule has 1 unspecified atom stereocenters.